The van der Waals surface area contributed by atoms with E-state index in [1.165, 1.54) is 6.26 Å². The Morgan fingerprint density at radius 1 is 1.17 bits per heavy atom. The van der Waals surface area contributed by atoms with Gasteiger partial charge in [0, 0.05) is 29.5 Å². The van der Waals surface area contributed by atoms with Crippen LogP contribution in [0.2, 0.25) is 0 Å². The van der Waals surface area contributed by atoms with Crippen LogP contribution >= 0.6 is 0 Å². The molecule has 0 bridgehead atoms. The van der Waals surface area contributed by atoms with Gasteiger partial charge in [0.2, 0.25) is 5.78 Å². The van der Waals surface area contributed by atoms with Gasteiger partial charge in [0.25, 0.3) is 0 Å². The smallest absolute Gasteiger partial charge is 0.234 e. The maximum Gasteiger partial charge on any atom is 0.234 e. The van der Waals surface area contributed by atoms with Gasteiger partial charge in [0.05, 0.1) is 18.0 Å². The van der Waals surface area contributed by atoms with Gasteiger partial charge in [-0.25, -0.2) is 18.4 Å². The van der Waals surface area contributed by atoms with Crippen LogP contribution in [0, 0.1) is 13.8 Å². The minimum atomic E-state index is -3.08. The molecule has 0 unspecified atom stereocenters. The largest absolute Gasteiger partial charge is 0.379 e. The maximum atomic E-state index is 11.6. The van der Waals surface area contributed by atoms with E-state index in [4.69, 9.17) is 0 Å². The van der Waals surface area contributed by atoms with Crippen LogP contribution < -0.4 is 5.32 Å². The average Bonchev–Trinajstić information content (AvgIpc) is 2.88. The predicted molar refractivity (Wildman–Crippen MR) is 94.8 cm³/mol. The van der Waals surface area contributed by atoms with Crippen molar-refractivity contribution in [3.63, 3.8) is 0 Å². The zero-order chi connectivity index (χ0) is 17.3. The van der Waals surface area contributed by atoms with E-state index in [1.54, 1.807) is 0 Å². The third kappa shape index (κ3) is 3.73. The number of nitrogens with zero attached hydrogens (tertiary/aromatic N) is 3. The number of fused-ring (bicyclic) bond motifs is 1. The van der Waals surface area contributed by atoms with Crippen molar-refractivity contribution in [2.45, 2.75) is 26.1 Å². The molecular weight excluding hydrogens is 324 g/mol. The molecule has 3 aromatic rings. The first-order valence-electron chi connectivity index (χ1n) is 7.63. The fourth-order valence-electron chi connectivity index (χ4n) is 2.69. The van der Waals surface area contributed by atoms with Crippen LogP contribution in [-0.4, -0.2) is 29.0 Å². The van der Waals surface area contributed by atoms with Gasteiger partial charge in [-0.2, -0.15) is 0 Å². The number of aromatic nitrogens is 3. The van der Waals surface area contributed by atoms with Gasteiger partial charge in [0.1, 0.15) is 0 Å². The summed E-state index contributed by atoms with van der Waals surface area (Å²) < 4.78 is 25.1. The Morgan fingerprint density at radius 3 is 2.67 bits per heavy atom. The van der Waals surface area contributed by atoms with Crippen LogP contribution in [0.25, 0.3) is 5.78 Å². The number of benzene rings is 1. The zero-order valence-electron chi connectivity index (χ0n) is 13.9. The molecule has 0 atom stereocenters. The quantitative estimate of drug-likeness (QED) is 0.769. The summed E-state index contributed by atoms with van der Waals surface area (Å²) in [5, 5.41) is 3.28. The molecule has 0 fully saturated rings. The molecule has 1 aromatic carbocycles. The fourth-order valence-corrected chi connectivity index (χ4v) is 3.51. The highest BCUT2D eigenvalue weighted by atomic mass is 32.2. The van der Waals surface area contributed by atoms with E-state index in [0.717, 1.165) is 28.3 Å². The van der Waals surface area contributed by atoms with Crippen LogP contribution in [-0.2, 0) is 22.1 Å². The topological polar surface area (TPSA) is 76.4 Å². The van der Waals surface area contributed by atoms with Gasteiger partial charge >= 0.3 is 0 Å². The third-order valence-electron chi connectivity index (χ3n) is 3.71. The van der Waals surface area contributed by atoms with Gasteiger partial charge in [-0.3, -0.25) is 4.40 Å². The normalized spacial score (nSPS) is 11.8. The second-order valence-electron chi connectivity index (χ2n) is 6.02. The molecule has 7 heteroatoms. The Labute approximate surface area is 141 Å². The number of rotatable bonds is 5. The van der Waals surface area contributed by atoms with Crippen molar-refractivity contribution < 1.29 is 8.42 Å². The van der Waals surface area contributed by atoms with Crippen molar-refractivity contribution in [3.05, 3.63) is 59.2 Å². The highest BCUT2D eigenvalue weighted by molar-refractivity contribution is 7.89. The van der Waals surface area contributed by atoms with E-state index in [2.05, 4.69) is 15.3 Å². The first-order valence-corrected chi connectivity index (χ1v) is 9.69. The molecule has 6 nitrogen and oxygen atoms in total. The molecule has 1 N–H and O–H groups in total. The Kier molecular flexibility index (Phi) is 4.28. The molecule has 0 aliphatic heterocycles. The molecule has 0 radical (unpaired) electrons. The molecule has 24 heavy (non-hydrogen) atoms. The van der Waals surface area contributed by atoms with Gasteiger partial charge in [-0.1, -0.05) is 18.2 Å². The van der Waals surface area contributed by atoms with Crippen molar-refractivity contribution in [1.82, 2.24) is 14.4 Å². The van der Waals surface area contributed by atoms with Gasteiger partial charge in [0.15, 0.2) is 9.84 Å². The number of anilines is 1. The molecule has 0 aliphatic rings. The van der Waals surface area contributed by atoms with E-state index in [9.17, 15) is 8.42 Å². The van der Waals surface area contributed by atoms with Crippen molar-refractivity contribution in [1.29, 1.82) is 0 Å². The Bertz CT molecular complexity index is 993. The Balaban J connectivity index is 1.83. The highest BCUT2D eigenvalue weighted by Crippen LogP contribution is 2.19. The van der Waals surface area contributed by atoms with E-state index in [1.807, 2.05) is 54.8 Å². The Hall–Kier alpha value is -2.41. The average molecular weight is 344 g/mol. The standard InChI is InChI=1S/C17H20N4O2S/c1-12-8-13(2)21-10-15(20-17(21)19-12)9-18-16-7-5-4-6-14(16)11-24(3,22)23/h4-8,10,18H,9,11H2,1-3H3. The molecule has 2 aromatic heterocycles. The Morgan fingerprint density at radius 2 is 1.92 bits per heavy atom. The summed E-state index contributed by atoms with van der Waals surface area (Å²) in [4.78, 5) is 8.95. The minimum absolute atomic E-state index is 0.0151. The second kappa shape index (κ2) is 6.24. The van der Waals surface area contributed by atoms with E-state index >= 15 is 0 Å². The fraction of sp³-hybridized carbons (Fsp3) is 0.294. The van der Waals surface area contributed by atoms with Gasteiger partial charge in [-0.05, 0) is 31.5 Å². The lowest BCUT2D eigenvalue weighted by atomic mass is 10.2. The summed E-state index contributed by atoms with van der Waals surface area (Å²) in [6.07, 6.45) is 3.19. The summed E-state index contributed by atoms with van der Waals surface area (Å²) in [5.41, 5.74) is 4.43. The van der Waals surface area contributed by atoms with E-state index < -0.39 is 9.84 Å². The number of sulfone groups is 1. The summed E-state index contributed by atoms with van der Waals surface area (Å²) in [6.45, 7) is 4.46. The van der Waals surface area contributed by atoms with Crippen molar-refractivity contribution in [3.8, 4) is 0 Å². The van der Waals surface area contributed by atoms with Crippen LogP contribution in [0.3, 0.4) is 0 Å². The number of hydrogen-bond donors (Lipinski definition) is 1. The summed E-state index contributed by atoms with van der Waals surface area (Å²) in [5.74, 6) is 0.690. The number of aryl methyl sites for hydroxylation is 2. The number of imidazole rings is 1. The number of nitrogens with one attached hydrogen (secondary N) is 1. The maximum absolute atomic E-state index is 11.6. The van der Waals surface area contributed by atoms with Crippen molar-refractivity contribution in [2.24, 2.45) is 0 Å². The lowest BCUT2D eigenvalue weighted by Gasteiger charge is -2.10. The van der Waals surface area contributed by atoms with Crippen molar-refractivity contribution >= 4 is 21.3 Å². The number of hydrogen-bond acceptors (Lipinski definition) is 5. The lowest BCUT2D eigenvalue weighted by Crippen LogP contribution is -2.06. The SMILES string of the molecule is Cc1cc(C)n2cc(CNc3ccccc3CS(C)(=O)=O)nc2n1. The molecule has 0 spiro atoms. The molecule has 0 saturated heterocycles. The van der Waals surface area contributed by atoms with E-state index in [-0.39, 0.29) is 5.75 Å². The van der Waals surface area contributed by atoms with Crippen LogP contribution in [0.4, 0.5) is 5.69 Å². The van der Waals surface area contributed by atoms with Gasteiger partial charge < -0.3 is 5.32 Å². The van der Waals surface area contributed by atoms with Gasteiger partial charge in [-0.15, -0.1) is 0 Å². The first-order chi connectivity index (χ1) is 11.3. The first kappa shape index (κ1) is 16.4. The monoisotopic (exact) mass is 344 g/mol. The summed E-state index contributed by atoms with van der Waals surface area (Å²) in [6, 6.07) is 9.43. The minimum Gasteiger partial charge on any atom is -0.379 e. The van der Waals surface area contributed by atoms with Crippen molar-refractivity contribution in [2.75, 3.05) is 11.6 Å². The summed E-state index contributed by atoms with van der Waals surface area (Å²) in [7, 11) is -3.08. The highest BCUT2D eigenvalue weighted by Gasteiger charge is 2.10. The number of para-hydroxylation sites is 1. The van der Waals surface area contributed by atoms with E-state index in [0.29, 0.717) is 12.3 Å². The predicted octanol–water partition coefficient (Wildman–Crippen LogP) is 2.50. The third-order valence-corrected chi connectivity index (χ3v) is 4.54. The van der Waals surface area contributed by atoms with Crippen LogP contribution in [0.5, 0.6) is 0 Å². The lowest BCUT2D eigenvalue weighted by molar-refractivity contribution is 0.601. The molecule has 126 valence electrons. The second-order valence-corrected chi connectivity index (χ2v) is 8.16. The summed E-state index contributed by atoms with van der Waals surface area (Å²) >= 11 is 0. The molecular formula is C17H20N4O2S. The van der Waals surface area contributed by atoms with Crippen LogP contribution in [0.1, 0.15) is 22.6 Å². The van der Waals surface area contributed by atoms with Crippen LogP contribution in [0.15, 0.2) is 36.5 Å². The molecule has 0 amide bonds. The molecule has 3 rings (SSSR count). The molecule has 0 aliphatic carbocycles. The zero-order valence-corrected chi connectivity index (χ0v) is 14.8. The molecule has 0 saturated carbocycles. The molecule has 2 heterocycles.